The standard InChI is InChI=1S/C40H58N6O7/c1-7-12-27(33(48)38(52)42-25-17-18-25)43-35(49)28-19-24-15-11-16-26-32(24)46(28)39(53)34(40(26,5)6)45-37(51)31(23-13-9-8-10-14-23)44-36(50)30-20(2)29(22(4)47)21(3)41-30/h23-28,31-32,34,41H,7-19H2,1-6H3,(H,42,52)(H,43,49)(H,44,50)(H,45,51)/t24-,26?,27-,28-,31-,32+,34+/m0/s1. The van der Waals surface area contributed by atoms with Gasteiger partial charge in [0.25, 0.3) is 11.8 Å². The van der Waals surface area contributed by atoms with Gasteiger partial charge in [-0.2, -0.15) is 0 Å². The number of carbonyl (C=O) groups is 7. The van der Waals surface area contributed by atoms with Gasteiger partial charge in [-0.1, -0.05) is 52.9 Å². The third-order valence-electron chi connectivity index (χ3n) is 13.0. The number of rotatable bonds is 13. The van der Waals surface area contributed by atoms with Crippen molar-refractivity contribution in [1.82, 2.24) is 31.2 Å². The number of carbonyl (C=O) groups excluding carboxylic acids is 7. The lowest BCUT2D eigenvalue weighted by Crippen LogP contribution is -2.70. The average molecular weight is 735 g/mol. The first-order valence-corrected chi connectivity index (χ1v) is 19.9. The number of H-pyrrole nitrogens is 1. The lowest BCUT2D eigenvalue weighted by Gasteiger charge is -2.55. The molecule has 5 amide bonds. The Kier molecular flexibility index (Phi) is 11.2. The molecule has 2 aliphatic heterocycles. The number of amides is 5. The molecule has 1 aromatic rings. The Morgan fingerprint density at radius 1 is 0.906 bits per heavy atom. The van der Waals surface area contributed by atoms with Crippen LogP contribution in [0.1, 0.15) is 143 Å². The van der Waals surface area contributed by atoms with Crippen LogP contribution in [0.4, 0.5) is 0 Å². The molecule has 5 fully saturated rings. The van der Waals surface area contributed by atoms with E-state index in [1.54, 1.807) is 18.7 Å². The molecule has 0 spiro atoms. The van der Waals surface area contributed by atoms with Gasteiger partial charge >= 0.3 is 0 Å². The van der Waals surface area contributed by atoms with Crippen molar-refractivity contribution in [3.63, 3.8) is 0 Å². The van der Waals surface area contributed by atoms with E-state index in [4.69, 9.17) is 0 Å². The second kappa shape index (κ2) is 15.4. The van der Waals surface area contributed by atoms with Gasteiger partial charge in [0.05, 0.1) is 6.04 Å². The smallest absolute Gasteiger partial charge is 0.289 e. The molecular formula is C40H58N6O7. The first-order chi connectivity index (χ1) is 25.1. The van der Waals surface area contributed by atoms with Crippen molar-refractivity contribution < 1.29 is 33.6 Å². The number of aromatic amines is 1. The zero-order chi connectivity index (χ0) is 38.4. The Hall–Kier alpha value is -4.03. The quantitative estimate of drug-likeness (QED) is 0.151. The van der Waals surface area contributed by atoms with Crippen LogP contribution in [-0.4, -0.2) is 87.2 Å². The maximum Gasteiger partial charge on any atom is 0.289 e. The fourth-order valence-electron chi connectivity index (χ4n) is 10.1. The molecule has 5 aliphatic rings. The van der Waals surface area contributed by atoms with Gasteiger partial charge in [0, 0.05) is 23.3 Å². The molecule has 5 N–H and O–H groups in total. The number of hydrogen-bond acceptors (Lipinski definition) is 7. The maximum absolute atomic E-state index is 14.8. The zero-order valence-corrected chi connectivity index (χ0v) is 32.2. The van der Waals surface area contributed by atoms with E-state index in [1.165, 1.54) is 6.92 Å². The molecule has 53 heavy (non-hydrogen) atoms. The number of ketones is 2. The number of hydrogen-bond donors (Lipinski definition) is 5. The molecule has 6 rings (SSSR count). The van der Waals surface area contributed by atoms with Gasteiger partial charge in [-0.3, -0.25) is 33.6 Å². The third kappa shape index (κ3) is 7.54. The van der Waals surface area contributed by atoms with Crippen molar-refractivity contribution in [2.45, 2.75) is 161 Å². The molecule has 13 nitrogen and oxygen atoms in total. The van der Waals surface area contributed by atoms with E-state index < -0.39 is 59.0 Å². The highest BCUT2D eigenvalue weighted by Gasteiger charge is 2.62. The number of aryl methyl sites for hydroxylation is 1. The highest BCUT2D eigenvalue weighted by atomic mass is 16.2. The Morgan fingerprint density at radius 3 is 2.23 bits per heavy atom. The van der Waals surface area contributed by atoms with Crippen LogP contribution in [0.2, 0.25) is 0 Å². The Bertz CT molecular complexity index is 1660. The summed E-state index contributed by atoms with van der Waals surface area (Å²) in [5.74, 6) is -3.25. The SMILES string of the molecule is CCC[C@H](NC(=O)[C@@H]1C[C@@H]2CCCC3[C@@H]2N1C(=O)[C@@H](NC(=O)[C@@H](NC(=O)c1[nH]c(C)c(C(C)=O)c1C)C1CCCCC1)C3(C)C)C(=O)C(=O)NC1CC1. The second-order valence-electron chi connectivity index (χ2n) is 17.0. The number of nitrogens with one attached hydrogen (secondary N) is 5. The average Bonchev–Trinajstić information content (AvgIpc) is 3.76. The van der Waals surface area contributed by atoms with Crippen LogP contribution in [-0.2, 0) is 24.0 Å². The first kappa shape index (κ1) is 38.7. The Balaban J connectivity index is 1.24. The van der Waals surface area contributed by atoms with Gasteiger partial charge in [0.2, 0.25) is 23.5 Å². The summed E-state index contributed by atoms with van der Waals surface area (Å²) in [5.41, 5.74) is 1.16. The van der Waals surface area contributed by atoms with Crippen LogP contribution >= 0.6 is 0 Å². The molecular weight excluding hydrogens is 676 g/mol. The first-order valence-electron chi connectivity index (χ1n) is 19.9. The molecule has 290 valence electrons. The van der Waals surface area contributed by atoms with Crippen LogP contribution in [0, 0.1) is 37.0 Å². The summed E-state index contributed by atoms with van der Waals surface area (Å²) in [6, 6.07) is -3.87. The van der Waals surface area contributed by atoms with Crippen molar-refractivity contribution in [3.05, 3.63) is 22.5 Å². The predicted molar refractivity (Wildman–Crippen MR) is 197 cm³/mol. The van der Waals surface area contributed by atoms with E-state index in [9.17, 15) is 33.6 Å². The molecule has 1 unspecified atom stereocenters. The summed E-state index contributed by atoms with van der Waals surface area (Å²) in [4.78, 5) is 100.0. The van der Waals surface area contributed by atoms with Crippen molar-refractivity contribution in [1.29, 1.82) is 0 Å². The fourth-order valence-corrected chi connectivity index (χ4v) is 10.1. The molecule has 0 aromatic carbocycles. The van der Waals surface area contributed by atoms with Gasteiger partial charge in [-0.25, -0.2) is 0 Å². The van der Waals surface area contributed by atoms with E-state index >= 15 is 0 Å². The van der Waals surface area contributed by atoms with Crippen LogP contribution in [0.25, 0.3) is 0 Å². The third-order valence-corrected chi connectivity index (χ3v) is 13.0. The summed E-state index contributed by atoms with van der Waals surface area (Å²) in [7, 11) is 0. The molecule has 0 radical (unpaired) electrons. The minimum absolute atomic E-state index is 0.00759. The van der Waals surface area contributed by atoms with Crippen LogP contribution in [0.15, 0.2) is 0 Å². The second-order valence-corrected chi connectivity index (χ2v) is 17.0. The molecule has 13 heteroatoms. The summed E-state index contributed by atoms with van der Waals surface area (Å²) < 4.78 is 0. The molecule has 0 bridgehead atoms. The molecule has 2 saturated heterocycles. The molecule has 3 heterocycles. The van der Waals surface area contributed by atoms with Gasteiger partial charge in [-0.15, -0.1) is 0 Å². The van der Waals surface area contributed by atoms with E-state index in [2.05, 4.69) is 26.3 Å². The molecule has 3 aliphatic carbocycles. The van der Waals surface area contributed by atoms with Gasteiger partial charge in [0.1, 0.15) is 23.8 Å². The lowest BCUT2D eigenvalue weighted by atomic mass is 9.60. The topological polar surface area (TPSA) is 187 Å². The molecule has 3 saturated carbocycles. The van der Waals surface area contributed by atoms with Crippen LogP contribution < -0.4 is 21.3 Å². The summed E-state index contributed by atoms with van der Waals surface area (Å²) in [6.45, 7) is 10.8. The van der Waals surface area contributed by atoms with E-state index in [0.29, 0.717) is 36.1 Å². The molecule has 7 atom stereocenters. The summed E-state index contributed by atoms with van der Waals surface area (Å²) >= 11 is 0. The van der Waals surface area contributed by atoms with Crippen molar-refractivity contribution in [2.24, 2.45) is 23.2 Å². The van der Waals surface area contributed by atoms with E-state index in [-0.39, 0.29) is 47.2 Å². The van der Waals surface area contributed by atoms with E-state index in [1.807, 2.05) is 20.8 Å². The number of nitrogens with zero attached hydrogens (tertiary/aromatic N) is 1. The largest absolute Gasteiger partial charge is 0.354 e. The van der Waals surface area contributed by atoms with Gasteiger partial charge < -0.3 is 31.2 Å². The minimum atomic E-state index is -0.991. The van der Waals surface area contributed by atoms with Crippen molar-refractivity contribution >= 4 is 41.1 Å². The maximum atomic E-state index is 14.8. The van der Waals surface area contributed by atoms with Crippen LogP contribution in [0.3, 0.4) is 0 Å². The number of Topliss-reactive ketones (excluding diaryl/α,β-unsaturated/α-hetero) is 2. The number of piperidine rings is 1. The van der Waals surface area contributed by atoms with Crippen LogP contribution in [0.5, 0.6) is 0 Å². The van der Waals surface area contributed by atoms with Crippen molar-refractivity contribution in [3.8, 4) is 0 Å². The minimum Gasteiger partial charge on any atom is -0.354 e. The highest BCUT2D eigenvalue weighted by molar-refractivity contribution is 6.38. The lowest BCUT2D eigenvalue weighted by molar-refractivity contribution is -0.160. The van der Waals surface area contributed by atoms with Crippen molar-refractivity contribution in [2.75, 3.05) is 0 Å². The number of aromatic nitrogens is 1. The summed E-state index contributed by atoms with van der Waals surface area (Å²) in [6.07, 6.45) is 10.0. The fraction of sp³-hybridized carbons (Fsp3) is 0.725. The zero-order valence-electron chi connectivity index (χ0n) is 32.2. The summed E-state index contributed by atoms with van der Waals surface area (Å²) in [5, 5.41) is 11.7. The van der Waals surface area contributed by atoms with Gasteiger partial charge in [-0.05, 0) is 101 Å². The van der Waals surface area contributed by atoms with E-state index in [0.717, 1.165) is 64.2 Å². The normalized spacial score (nSPS) is 27.6. The molecule has 1 aromatic heterocycles. The Morgan fingerprint density at radius 2 is 1.60 bits per heavy atom. The van der Waals surface area contributed by atoms with Gasteiger partial charge in [0.15, 0.2) is 5.78 Å². The predicted octanol–water partition coefficient (Wildman–Crippen LogP) is 3.56. The Labute approximate surface area is 312 Å². The highest BCUT2D eigenvalue weighted by Crippen LogP contribution is 2.54. The monoisotopic (exact) mass is 734 g/mol.